The number of amides is 1. The second-order valence-corrected chi connectivity index (χ2v) is 6.44. The zero-order chi connectivity index (χ0) is 15.5. The number of hydrogen-bond donors (Lipinski definition) is 2. The largest absolute Gasteiger partial charge is 0.478 e. The van der Waals surface area contributed by atoms with E-state index in [0.29, 0.717) is 18.5 Å². The van der Waals surface area contributed by atoms with Crippen LogP contribution in [-0.4, -0.2) is 23.5 Å². The summed E-state index contributed by atoms with van der Waals surface area (Å²) in [6.07, 6.45) is 3.69. The lowest BCUT2D eigenvalue weighted by Crippen LogP contribution is -2.37. The molecule has 0 aliphatic heterocycles. The minimum absolute atomic E-state index is 0.0725. The highest BCUT2D eigenvalue weighted by atomic mass is 16.4. The first kappa shape index (κ1) is 15.5. The number of carbonyl (C=O) groups is 2. The first-order valence-electron chi connectivity index (χ1n) is 7.51. The SMILES string of the molecule is CC1(C)CCCC1C(=O)NCCc1ccccc1C(=O)O. The zero-order valence-electron chi connectivity index (χ0n) is 12.7. The van der Waals surface area contributed by atoms with Crippen molar-refractivity contribution in [2.45, 2.75) is 39.5 Å². The van der Waals surface area contributed by atoms with E-state index in [2.05, 4.69) is 19.2 Å². The molecule has 1 atom stereocenters. The molecule has 21 heavy (non-hydrogen) atoms. The molecule has 1 amide bonds. The van der Waals surface area contributed by atoms with Crippen LogP contribution in [0.5, 0.6) is 0 Å². The molecule has 114 valence electrons. The van der Waals surface area contributed by atoms with E-state index < -0.39 is 5.97 Å². The summed E-state index contributed by atoms with van der Waals surface area (Å²) < 4.78 is 0. The van der Waals surface area contributed by atoms with Crippen LogP contribution < -0.4 is 5.32 Å². The molecule has 4 nitrogen and oxygen atoms in total. The van der Waals surface area contributed by atoms with Crippen LogP contribution in [0.3, 0.4) is 0 Å². The molecule has 1 aromatic rings. The summed E-state index contributed by atoms with van der Waals surface area (Å²) in [7, 11) is 0. The molecule has 0 aromatic heterocycles. The van der Waals surface area contributed by atoms with Gasteiger partial charge >= 0.3 is 5.97 Å². The molecule has 0 spiro atoms. The number of benzene rings is 1. The van der Waals surface area contributed by atoms with Gasteiger partial charge in [-0.1, -0.05) is 38.5 Å². The van der Waals surface area contributed by atoms with Crippen molar-refractivity contribution in [2.24, 2.45) is 11.3 Å². The highest BCUT2D eigenvalue weighted by molar-refractivity contribution is 5.89. The molecule has 1 aromatic carbocycles. The number of carboxylic acid groups (broad SMARTS) is 1. The van der Waals surface area contributed by atoms with E-state index in [-0.39, 0.29) is 17.2 Å². The van der Waals surface area contributed by atoms with Gasteiger partial charge in [0.15, 0.2) is 0 Å². The van der Waals surface area contributed by atoms with E-state index in [0.717, 1.165) is 24.8 Å². The summed E-state index contributed by atoms with van der Waals surface area (Å²) in [6.45, 7) is 4.77. The summed E-state index contributed by atoms with van der Waals surface area (Å²) >= 11 is 0. The molecule has 1 saturated carbocycles. The van der Waals surface area contributed by atoms with Crippen LogP contribution in [0.25, 0.3) is 0 Å². The van der Waals surface area contributed by atoms with Gasteiger partial charge in [0.1, 0.15) is 0 Å². The highest BCUT2D eigenvalue weighted by Gasteiger charge is 2.38. The number of nitrogens with one attached hydrogen (secondary N) is 1. The second kappa shape index (κ2) is 6.29. The van der Waals surface area contributed by atoms with Gasteiger partial charge in [-0.15, -0.1) is 0 Å². The standard InChI is InChI=1S/C17H23NO3/c1-17(2)10-5-8-14(17)15(19)18-11-9-12-6-3-4-7-13(12)16(20)21/h3-4,6-7,14H,5,8-11H2,1-2H3,(H,18,19)(H,20,21). The van der Waals surface area contributed by atoms with Crippen molar-refractivity contribution >= 4 is 11.9 Å². The Hall–Kier alpha value is -1.84. The maximum absolute atomic E-state index is 12.2. The van der Waals surface area contributed by atoms with Crippen LogP contribution in [0.4, 0.5) is 0 Å². The summed E-state index contributed by atoms with van der Waals surface area (Å²) in [4.78, 5) is 23.4. The zero-order valence-corrected chi connectivity index (χ0v) is 12.7. The lowest BCUT2D eigenvalue weighted by atomic mass is 9.81. The fraction of sp³-hybridized carbons (Fsp3) is 0.529. The Balaban J connectivity index is 1.90. The van der Waals surface area contributed by atoms with Crippen molar-refractivity contribution in [3.8, 4) is 0 Å². The van der Waals surface area contributed by atoms with Crippen LogP contribution in [0.15, 0.2) is 24.3 Å². The third kappa shape index (κ3) is 3.63. The van der Waals surface area contributed by atoms with E-state index in [1.165, 1.54) is 0 Å². The fourth-order valence-corrected chi connectivity index (χ4v) is 3.20. The predicted molar refractivity (Wildman–Crippen MR) is 81.2 cm³/mol. The Kier molecular flexibility index (Phi) is 4.66. The van der Waals surface area contributed by atoms with E-state index in [1.807, 2.05) is 6.07 Å². The predicted octanol–water partition coefficient (Wildman–Crippen LogP) is 2.87. The van der Waals surface area contributed by atoms with Gasteiger partial charge in [-0.05, 0) is 36.3 Å². The minimum Gasteiger partial charge on any atom is -0.478 e. The Morgan fingerprint density at radius 2 is 2.05 bits per heavy atom. The number of aromatic carboxylic acids is 1. The molecule has 2 rings (SSSR count). The van der Waals surface area contributed by atoms with Gasteiger partial charge in [0.05, 0.1) is 5.56 Å². The molecular weight excluding hydrogens is 266 g/mol. The third-order valence-electron chi connectivity index (χ3n) is 4.52. The maximum atomic E-state index is 12.2. The molecular formula is C17H23NO3. The number of carboxylic acids is 1. The molecule has 0 heterocycles. The van der Waals surface area contributed by atoms with Gasteiger partial charge in [-0.2, -0.15) is 0 Å². The van der Waals surface area contributed by atoms with E-state index in [1.54, 1.807) is 18.2 Å². The lowest BCUT2D eigenvalue weighted by Gasteiger charge is -2.25. The van der Waals surface area contributed by atoms with Crippen molar-refractivity contribution in [3.05, 3.63) is 35.4 Å². The minimum atomic E-state index is -0.922. The maximum Gasteiger partial charge on any atom is 0.335 e. The van der Waals surface area contributed by atoms with E-state index in [4.69, 9.17) is 5.11 Å². The summed E-state index contributed by atoms with van der Waals surface area (Å²) in [6, 6.07) is 6.94. The van der Waals surface area contributed by atoms with E-state index in [9.17, 15) is 9.59 Å². The first-order valence-corrected chi connectivity index (χ1v) is 7.51. The summed E-state index contributed by atoms with van der Waals surface area (Å²) in [5.41, 5.74) is 1.15. The van der Waals surface area contributed by atoms with Crippen molar-refractivity contribution < 1.29 is 14.7 Å². The van der Waals surface area contributed by atoms with Crippen molar-refractivity contribution in [3.63, 3.8) is 0 Å². The number of hydrogen-bond acceptors (Lipinski definition) is 2. The molecule has 0 saturated heterocycles. The van der Waals surface area contributed by atoms with Crippen LogP contribution >= 0.6 is 0 Å². The Labute approximate surface area is 125 Å². The Bertz CT molecular complexity index is 537. The monoisotopic (exact) mass is 289 g/mol. The van der Waals surface area contributed by atoms with Gasteiger partial charge in [0.25, 0.3) is 0 Å². The van der Waals surface area contributed by atoms with Crippen LogP contribution in [0.2, 0.25) is 0 Å². The fourth-order valence-electron chi connectivity index (χ4n) is 3.20. The second-order valence-electron chi connectivity index (χ2n) is 6.44. The normalized spacial score (nSPS) is 20.2. The molecule has 0 radical (unpaired) electrons. The average Bonchev–Trinajstić information content (AvgIpc) is 2.78. The molecule has 0 bridgehead atoms. The smallest absolute Gasteiger partial charge is 0.335 e. The summed E-state index contributed by atoms with van der Waals surface area (Å²) in [5, 5.41) is 12.1. The van der Waals surface area contributed by atoms with Crippen LogP contribution in [0, 0.1) is 11.3 Å². The molecule has 1 aliphatic rings. The van der Waals surface area contributed by atoms with Crippen LogP contribution in [-0.2, 0) is 11.2 Å². The van der Waals surface area contributed by atoms with E-state index >= 15 is 0 Å². The molecule has 1 fully saturated rings. The van der Waals surface area contributed by atoms with Gasteiger partial charge in [-0.25, -0.2) is 4.79 Å². The molecule has 2 N–H and O–H groups in total. The van der Waals surface area contributed by atoms with Gasteiger partial charge < -0.3 is 10.4 Å². The summed E-state index contributed by atoms with van der Waals surface area (Å²) in [5.74, 6) is -0.744. The van der Waals surface area contributed by atoms with Gasteiger partial charge in [-0.3, -0.25) is 4.79 Å². The number of carbonyl (C=O) groups excluding carboxylic acids is 1. The quantitative estimate of drug-likeness (QED) is 0.876. The topological polar surface area (TPSA) is 66.4 Å². The van der Waals surface area contributed by atoms with Crippen molar-refractivity contribution in [1.29, 1.82) is 0 Å². The van der Waals surface area contributed by atoms with Crippen molar-refractivity contribution in [2.75, 3.05) is 6.54 Å². The van der Waals surface area contributed by atoms with Crippen LogP contribution in [0.1, 0.15) is 49.0 Å². The lowest BCUT2D eigenvalue weighted by molar-refractivity contribution is -0.127. The molecule has 1 aliphatic carbocycles. The number of rotatable bonds is 5. The molecule has 4 heteroatoms. The first-order chi connectivity index (χ1) is 9.92. The van der Waals surface area contributed by atoms with Crippen molar-refractivity contribution in [1.82, 2.24) is 5.32 Å². The Morgan fingerprint density at radius 1 is 1.33 bits per heavy atom. The van der Waals surface area contributed by atoms with Gasteiger partial charge in [0, 0.05) is 12.5 Å². The highest BCUT2D eigenvalue weighted by Crippen LogP contribution is 2.42. The average molecular weight is 289 g/mol. The van der Waals surface area contributed by atoms with Gasteiger partial charge in [0.2, 0.25) is 5.91 Å². The molecule has 1 unspecified atom stereocenters. The third-order valence-corrected chi connectivity index (χ3v) is 4.52. The Morgan fingerprint density at radius 3 is 2.67 bits per heavy atom.